The van der Waals surface area contributed by atoms with E-state index in [9.17, 15) is 0 Å². The Morgan fingerprint density at radius 1 is 1.50 bits per heavy atom. The van der Waals surface area contributed by atoms with Crippen molar-refractivity contribution < 1.29 is 0 Å². The van der Waals surface area contributed by atoms with Crippen LogP contribution in [0, 0.1) is 6.92 Å². The third kappa shape index (κ3) is 4.97. The quantitative estimate of drug-likeness (QED) is 0.509. The third-order valence-corrected chi connectivity index (χ3v) is 0.692. The first-order chi connectivity index (χ1) is 4.81. The van der Waals surface area contributed by atoms with Crippen LogP contribution in [0.15, 0.2) is 31.2 Å². The molecule has 0 spiro atoms. The molecule has 0 aliphatic heterocycles. The summed E-state index contributed by atoms with van der Waals surface area (Å²) >= 11 is 0. The van der Waals surface area contributed by atoms with Gasteiger partial charge in [-0.3, -0.25) is 9.97 Å². The maximum Gasteiger partial charge on any atom is 0.0555 e. The molecule has 10 heavy (non-hydrogen) atoms. The second-order valence-corrected chi connectivity index (χ2v) is 1.76. The molecule has 0 fully saturated rings. The lowest BCUT2D eigenvalue weighted by molar-refractivity contribution is 1.12. The molecule has 0 bridgehead atoms. The van der Waals surface area contributed by atoms with Crippen molar-refractivity contribution in [2.45, 2.75) is 13.8 Å². The number of nitrogens with zero attached hydrogens (tertiary/aromatic N) is 2. The second kappa shape index (κ2) is 5.95. The number of rotatable bonds is 0. The van der Waals surface area contributed by atoms with Crippen LogP contribution in [0.25, 0.3) is 0 Å². The van der Waals surface area contributed by atoms with Gasteiger partial charge in [-0.1, -0.05) is 6.08 Å². The fourth-order valence-corrected chi connectivity index (χ4v) is 0.374. The molecule has 0 atom stereocenters. The largest absolute Gasteiger partial charge is 0.261 e. The van der Waals surface area contributed by atoms with Crippen LogP contribution in [0.4, 0.5) is 0 Å². The van der Waals surface area contributed by atoms with Gasteiger partial charge in [-0.25, -0.2) is 0 Å². The van der Waals surface area contributed by atoms with Crippen LogP contribution in [0.3, 0.4) is 0 Å². The lowest BCUT2D eigenvalue weighted by atomic mass is 10.5. The Bertz CT molecular complexity index is 170. The van der Waals surface area contributed by atoms with Gasteiger partial charge in [0.2, 0.25) is 0 Å². The molecule has 2 nitrogen and oxygen atoms in total. The van der Waals surface area contributed by atoms with Gasteiger partial charge in [-0.15, -0.1) is 6.58 Å². The first-order valence-electron chi connectivity index (χ1n) is 3.11. The molecule has 0 amide bonds. The van der Waals surface area contributed by atoms with Gasteiger partial charge in [0.05, 0.1) is 5.69 Å². The van der Waals surface area contributed by atoms with E-state index in [-0.39, 0.29) is 0 Å². The Morgan fingerprint density at radius 3 is 2.30 bits per heavy atom. The molecule has 0 unspecified atom stereocenters. The van der Waals surface area contributed by atoms with Gasteiger partial charge in [-0.2, -0.15) is 0 Å². The Morgan fingerprint density at radius 2 is 2.10 bits per heavy atom. The first-order valence-corrected chi connectivity index (χ1v) is 3.11. The third-order valence-electron chi connectivity index (χ3n) is 0.692. The smallest absolute Gasteiger partial charge is 0.0555 e. The van der Waals surface area contributed by atoms with Gasteiger partial charge in [0.1, 0.15) is 0 Å². The molecule has 1 heterocycles. The highest BCUT2D eigenvalue weighted by atomic mass is 14.7. The van der Waals surface area contributed by atoms with Crippen molar-refractivity contribution in [2.75, 3.05) is 0 Å². The normalized spacial score (nSPS) is 7.40. The monoisotopic (exact) mass is 136 g/mol. The molecular weight excluding hydrogens is 124 g/mol. The molecule has 1 aromatic heterocycles. The highest BCUT2D eigenvalue weighted by Gasteiger charge is 1.74. The summed E-state index contributed by atoms with van der Waals surface area (Å²) in [5.74, 6) is 0. The zero-order valence-corrected chi connectivity index (χ0v) is 6.41. The minimum atomic E-state index is 0.961. The van der Waals surface area contributed by atoms with E-state index < -0.39 is 0 Å². The van der Waals surface area contributed by atoms with E-state index in [0.29, 0.717) is 0 Å². The van der Waals surface area contributed by atoms with Crippen molar-refractivity contribution in [3.8, 4) is 0 Å². The van der Waals surface area contributed by atoms with Crippen LogP contribution in [0.5, 0.6) is 0 Å². The molecule has 0 N–H and O–H groups in total. The van der Waals surface area contributed by atoms with Crippen LogP contribution in [-0.2, 0) is 0 Å². The summed E-state index contributed by atoms with van der Waals surface area (Å²) in [7, 11) is 0. The molecule has 2 heteroatoms. The molecule has 0 aliphatic rings. The van der Waals surface area contributed by atoms with Gasteiger partial charge in [0.15, 0.2) is 0 Å². The Hall–Kier alpha value is -1.18. The zero-order valence-electron chi connectivity index (χ0n) is 6.41. The van der Waals surface area contributed by atoms with Gasteiger partial charge in [-0.05, 0) is 13.8 Å². The van der Waals surface area contributed by atoms with Crippen LogP contribution >= 0.6 is 0 Å². The summed E-state index contributed by atoms with van der Waals surface area (Å²) in [4.78, 5) is 7.74. The number of hydrogen-bond acceptors (Lipinski definition) is 2. The van der Waals surface area contributed by atoms with E-state index in [1.165, 1.54) is 0 Å². The molecule has 54 valence electrons. The minimum absolute atomic E-state index is 0.961. The summed E-state index contributed by atoms with van der Waals surface area (Å²) in [5, 5.41) is 0. The zero-order chi connectivity index (χ0) is 7.82. The Labute approximate surface area is 61.6 Å². The van der Waals surface area contributed by atoms with E-state index in [1.807, 2.05) is 13.8 Å². The number of hydrogen-bond donors (Lipinski definition) is 0. The van der Waals surface area contributed by atoms with Crippen molar-refractivity contribution in [2.24, 2.45) is 0 Å². The molecule has 0 aliphatic carbocycles. The van der Waals surface area contributed by atoms with E-state index in [0.717, 1.165) is 5.69 Å². The van der Waals surface area contributed by atoms with E-state index >= 15 is 0 Å². The summed E-state index contributed by atoms with van der Waals surface area (Å²) in [6.45, 7) is 7.16. The Balaban J connectivity index is 0.000000236. The lowest BCUT2D eigenvalue weighted by Crippen LogP contribution is -1.77. The van der Waals surface area contributed by atoms with Gasteiger partial charge in [0.25, 0.3) is 0 Å². The number of aromatic nitrogens is 2. The fourth-order valence-electron chi connectivity index (χ4n) is 0.374. The average molecular weight is 136 g/mol. The molecule has 0 radical (unpaired) electrons. The van der Waals surface area contributed by atoms with E-state index in [2.05, 4.69) is 16.5 Å². The minimum Gasteiger partial charge on any atom is -0.261 e. The van der Waals surface area contributed by atoms with Crippen molar-refractivity contribution in [1.82, 2.24) is 9.97 Å². The summed E-state index contributed by atoms with van der Waals surface area (Å²) < 4.78 is 0. The predicted octanol–water partition coefficient (Wildman–Crippen LogP) is 1.98. The maximum atomic E-state index is 3.92. The van der Waals surface area contributed by atoms with Crippen molar-refractivity contribution in [1.29, 1.82) is 0 Å². The van der Waals surface area contributed by atoms with E-state index in [4.69, 9.17) is 0 Å². The second-order valence-electron chi connectivity index (χ2n) is 1.76. The number of allylic oxidation sites excluding steroid dienone is 1. The SMILES string of the molecule is C=CC.Cc1cnccn1. The van der Waals surface area contributed by atoms with Gasteiger partial charge >= 0.3 is 0 Å². The molecule has 0 aromatic carbocycles. The fraction of sp³-hybridized carbons (Fsp3) is 0.250. The van der Waals surface area contributed by atoms with Gasteiger partial charge in [0, 0.05) is 18.6 Å². The van der Waals surface area contributed by atoms with Crippen molar-refractivity contribution in [3.05, 3.63) is 36.9 Å². The molecule has 0 saturated heterocycles. The predicted molar refractivity (Wildman–Crippen MR) is 42.6 cm³/mol. The highest BCUT2D eigenvalue weighted by molar-refractivity contribution is 4.88. The van der Waals surface area contributed by atoms with Crippen LogP contribution < -0.4 is 0 Å². The Kier molecular flexibility index (Phi) is 5.25. The van der Waals surface area contributed by atoms with Crippen molar-refractivity contribution >= 4 is 0 Å². The first kappa shape index (κ1) is 8.82. The van der Waals surface area contributed by atoms with E-state index in [1.54, 1.807) is 24.7 Å². The van der Waals surface area contributed by atoms with Crippen LogP contribution in [0.1, 0.15) is 12.6 Å². The standard InChI is InChI=1S/C5H6N2.C3H6/c1-5-4-6-2-3-7-5;1-3-2/h2-4H,1H3;3H,1H2,2H3. The maximum absolute atomic E-state index is 3.92. The topological polar surface area (TPSA) is 25.8 Å². The molecule has 0 saturated carbocycles. The number of aryl methyl sites for hydroxylation is 1. The van der Waals surface area contributed by atoms with Crippen LogP contribution in [0.2, 0.25) is 0 Å². The van der Waals surface area contributed by atoms with Gasteiger partial charge < -0.3 is 0 Å². The summed E-state index contributed by atoms with van der Waals surface area (Å²) in [5.41, 5.74) is 0.961. The summed E-state index contributed by atoms with van der Waals surface area (Å²) in [6.07, 6.45) is 6.81. The molecule has 1 rings (SSSR count). The highest BCUT2D eigenvalue weighted by Crippen LogP contribution is 1.81. The summed E-state index contributed by atoms with van der Waals surface area (Å²) in [6, 6.07) is 0. The molecular formula is C8H12N2. The molecule has 1 aromatic rings. The lowest BCUT2D eigenvalue weighted by Gasteiger charge is -1.81. The average Bonchev–Trinajstić information content (AvgIpc) is 1.91. The van der Waals surface area contributed by atoms with Crippen LogP contribution in [-0.4, -0.2) is 9.97 Å². The van der Waals surface area contributed by atoms with Crippen molar-refractivity contribution in [3.63, 3.8) is 0 Å².